The summed E-state index contributed by atoms with van der Waals surface area (Å²) >= 11 is 1.93. The molecule has 2 nitrogen and oxygen atoms in total. The van der Waals surface area contributed by atoms with Crippen molar-refractivity contribution in [1.29, 1.82) is 0 Å². The molecule has 0 aromatic heterocycles. The molecule has 0 heterocycles. The molecule has 0 saturated carbocycles. The van der Waals surface area contributed by atoms with E-state index in [1.165, 1.54) is 47.3 Å². The lowest BCUT2D eigenvalue weighted by Crippen LogP contribution is -2.28. The van der Waals surface area contributed by atoms with E-state index in [1.807, 2.05) is 23.9 Å². The number of hydrogen-bond acceptors (Lipinski definition) is 3. The van der Waals surface area contributed by atoms with Crippen LogP contribution < -0.4 is 4.74 Å². The molecule has 0 saturated heterocycles. The average Bonchev–Trinajstić information content (AvgIpc) is 2.75. The van der Waals surface area contributed by atoms with Gasteiger partial charge in [0, 0.05) is 22.7 Å². The molecule has 0 atom stereocenters. The summed E-state index contributed by atoms with van der Waals surface area (Å²) in [5.41, 5.74) is 4.00. The summed E-state index contributed by atoms with van der Waals surface area (Å²) in [6, 6.07) is 15.1. The third kappa shape index (κ3) is 7.38. The predicted molar refractivity (Wildman–Crippen MR) is 126 cm³/mol. The van der Waals surface area contributed by atoms with Crippen LogP contribution in [0.2, 0.25) is 0 Å². The predicted octanol–water partition coefficient (Wildman–Crippen LogP) is 7.05. The maximum atomic E-state index is 10.3. The molecule has 2 aromatic carbocycles. The van der Waals surface area contributed by atoms with Gasteiger partial charge in [-0.3, -0.25) is 0 Å². The molecule has 0 radical (unpaired) electrons. The molecule has 0 amide bonds. The molecule has 29 heavy (non-hydrogen) atoms. The van der Waals surface area contributed by atoms with E-state index in [-0.39, 0.29) is 5.41 Å². The number of benzene rings is 2. The van der Waals surface area contributed by atoms with Gasteiger partial charge in [-0.25, -0.2) is 0 Å². The third-order valence-electron chi connectivity index (χ3n) is 5.76. The van der Waals surface area contributed by atoms with Crippen LogP contribution in [-0.2, 0) is 6.42 Å². The maximum Gasteiger partial charge on any atom is 0.118 e. The van der Waals surface area contributed by atoms with Crippen LogP contribution in [0.15, 0.2) is 47.4 Å². The lowest BCUT2D eigenvalue weighted by atomic mass is 9.81. The van der Waals surface area contributed by atoms with Crippen LogP contribution in [0.3, 0.4) is 0 Å². The smallest absolute Gasteiger partial charge is 0.118 e. The van der Waals surface area contributed by atoms with Crippen molar-refractivity contribution in [1.82, 2.24) is 0 Å². The molecule has 160 valence electrons. The number of hydrogen-bond donors (Lipinski definition) is 1. The Bertz CT molecular complexity index is 716. The number of aryl methyl sites for hydroxylation is 1. The third-order valence-corrected chi connectivity index (χ3v) is 7.23. The molecule has 0 aliphatic rings. The highest BCUT2D eigenvalue weighted by atomic mass is 32.2. The van der Waals surface area contributed by atoms with Crippen molar-refractivity contribution in [2.45, 2.75) is 70.6 Å². The molecule has 0 aliphatic heterocycles. The van der Waals surface area contributed by atoms with Crippen LogP contribution in [0, 0.1) is 12.3 Å². The van der Waals surface area contributed by atoms with Crippen molar-refractivity contribution in [3.63, 3.8) is 0 Å². The Morgan fingerprint density at radius 2 is 1.62 bits per heavy atom. The van der Waals surface area contributed by atoms with Gasteiger partial charge in [-0.15, -0.1) is 11.8 Å². The fourth-order valence-corrected chi connectivity index (χ4v) is 5.08. The highest BCUT2D eigenvalue weighted by molar-refractivity contribution is 7.99. The molecule has 0 aliphatic carbocycles. The fraction of sp³-hybridized carbons (Fsp3) is 0.538. The Labute approximate surface area is 182 Å². The summed E-state index contributed by atoms with van der Waals surface area (Å²) < 4.78 is 5.29. The van der Waals surface area contributed by atoms with Crippen LogP contribution in [-0.4, -0.2) is 24.6 Å². The summed E-state index contributed by atoms with van der Waals surface area (Å²) in [5, 5.41) is 10.3. The number of methoxy groups -OCH3 is 1. The zero-order chi connectivity index (χ0) is 21.1. The van der Waals surface area contributed by atoms with Gasteiger partial charge in [0.05, 0.1) is 7.11 Å². The van der Waals surface area contributed by atoms with Gasteiger partial charge < -0.3 is 9.84 Å². The first-order valence-electron chi connectivity index (χ1n) is 11.0. The second kappa shape index (κ2) is 12.3. The van der Waals surface area contributed by atoms with E-state index in [0.29, 0.717) is 6.61 Å². The highest BCUT2D eigenvalue weighted by Crippen LogP contribution is 2.38. The standard InChI is InChI=1S/C26H38O2S/c1-5-7-15-26(19-27,16-8-6-2)20-29-25-14-9-21(3)17-23(25)18-22-10-12-24(28-4)13-11-22/h9-14,17,27H,5-8,15-16,18-20H2,1-4H3. The number of aliphatic hydroxyl groups is 1. The summed E-state index contributed by atoms with van der Waals surface area (Å²) in [4.78, 5) is 1.34. The van der Waals surface area contributed by atoms with E-state index in [1.54, 1.807) is 7.11 Å². The Morgan fingerprint density at radius 3 is 2.17 bits per heavy atom. The van der Waals surface area contributed by atoms with Gasteiger partial charge in [0.1, 0.15) is 5.75 Å². The second-order valence-corrected chi connectivity index (χ2v) is 9.31. The number of rotatable bonds is 13. The average molecular weight is 415 g/mol. The Hall–Kier alpha value is -1.45. The number of unbranched alkanes of at least 4 members (excludes halogenated alkanes) is 2. The van der Waals surface area contributed by atoms with Crippen molar-refractivity contribution >= 4 is 11.8 Å². The normalized spacial score (nSPS) is 11.6. The van der Waals surface area contributed by atoms with Gasteiger partial charge in [0.15, 0.2) is 0 Å². The molecule has 0 fully saturated rings. The van der Waals surface area contributed by atoms with Gasteiger partial charge >= 0.3 is 0 Å². The van der Waals surface area contributed by atoms with E-state index in [4.69, 9.17) is 4.74 Å². The molecule has 0 bridgehead atoms. The van der Waals surface area contributed by atoms with Crippen molar-refractivity contribution in [2.24, 2.45) is 5.41 Å². The number of thioether (sulfide) groups is 1. The first kappa shape index (κ1) is 23.8. The molecule has 2 rings (SSSR count). The second-order valence-electron chi connectivity index (χ2n) is 8.29. The minimum atomic E-state index is 0.0406. The van der Waals surface area contributed by atoms with E-state index in [0.717, 1.165) is 30.8 Å². The Balaban J connectivity index is 2.17. The van der Waals surface area contributed by atoms with Gasteiger partial charge in [0.2, 0.25) is 0 Å². The Kier molecular flexibility index (Phi) is 10.1. The number of ether oxygens (including phenoxy) is 1. The van der Waals surface area contributed by atoms with Gasteiger partial charge in [0.25, 0.3) is 0 Å². The zero-order valence-corrected chi connectivity index (χ0v) is 19.5. The van der Waals surface area contributed by atoms with Crippen LogP contribution in [0.4, 0.5) is 0 Å². The molecule has 3 heteroatoms. The number of aliphatic hydroxyl groups excluding tert-OH is 1. The van der Waals surface area contributed by atoms with Crippen LogP contribution in [0.25, 0.3) is 0 Å². The first-order chi connectivity index (χ1) is 14.1. The molecule has 2 aromatic rings. The van der Waals surface area contributed by atoms with Crippen molar-refractivity contribution in [3.05, 3.63) is 59.2 Å². The van der Waals surface area contributed by atoms with Crippen LogP contribution in [0.1, 0.15) is 69.1 Å². The molecule has 1 N–H and O–H groups in total. The minimum Gasteiger partial charge on any atom is -0.497 e. The lowest BCUT2D eigenvalue weighted by molar-refractivity contribution is 0.122. The van der Waals surface area contributed by atoms with Crippen LogP contribution >= 0.6 is 11.8 Å². The first-order valence-corrected chi connectivity index (χ1v) is 12.0. The van der Waals surface area contributed by atoms with E-state index in [2.05, 4.69) is 51.1 Å². The summed E-state index contributed by atoms with van der Waals surface area (Å²) in [6.45, 7) is 6.93. The molecular formula is C26H38O2S. The molecular weight excluding hydrogens is 376 g/mol. The van der Waals surface area contributed by atoms with Crippen molar-refractivity contribution < 1.29 is 9.84 Å². The van der Waals surface area contributed by atoms with E-state index < -0.39 is 0 Å². The molecule has 0 spiro atoms. The lowest BCUT2D eigenvalue weighted by Gasteiger charge is -2.32. The summed E-state index contributed by atoms with van der Waals surface area (Å²) in [6.07, 6.45) is 7.91. The summed E-state index contributed by atoms with van der Waals surface area (Å²) in [7, 11) is 1.70. The van der Waals surface area contributed by atoms with E-state index in [9.17, 15) is 5.11 Å². The van der Waals surface area contributed by atoms with Gasteiger partial charge in [-0.05, 0) is 55.5 Å². The fourth-order valence-electron chi connectivity index (χ4n) is 3.76. The van der Waals surface area contributed by atoms with E-state index >= 15 is 0 Å². The minimum absolute atomic E-state index is 0.0406. The topological polar surface area (TPSA) is 29.5 Å². The summed E-state index contributed by atoms with van der Waals surface area (Å²) in [5.74, 6) is 1.88. The Morgan fingerprint density at radius 1 is 0.966 bits per heavy atom. The van der Waals surface area contributed by atoms with Gasteiger partial charge in [-0.1, -0.05) is 69.4 Å². The largest absolute Gasteiger partial charge is 0.497 e. The maximum absolute atomic E-state index is 10.3. The highest BCUT2D eigenvalue weighted by Gasteiger charge is 2.28. The SMILES string of the molecule is CCCCC(CO)(CCCC)CSc1ccc(C)cc1Cc1ccc(OC)cc1. The zero-order valence-electron chi connectivity index (χ0n) is 18.7. The van der Waals surface area contributed by atoms with Crippen molar-refractivity contribution in [3.8, 4) is 5.75 Å². The monoisotopic (exact) mass is 414 g/mol. The quantitative estimate of drug-likeness (QED) is 0.356. The van der Waals surface area contributed by atoms with Crippen molar-refractivity contribution in [2.75, 3.05) is 19.5 Å². The molecule has 0 unspecified atom stereocenters. The van der Waals surface area contributed by atoms with Crippen LogP contribution in [0.5, 0.6) is 5.75 Å². The van der Waals surface area contributed by atoms with Gasteiger partial charge in [-0.2, -0.15) is 0 Å².